The normalized spacial score (nSPS) is 37.1. The second-order valence-corrected chi connectivity index (χ2v) is 11.9. The molecule has 182 valence electrons. The number of nitrogens with one attached hydrogen (secondary N) is 1. The number of Topliss-reactive ketones (excluding diaryl/α,β-unsaturated/α-hetero) is 1. The summed E-state index contributed by atoms with van der Waals surface area (Å²) in [4.78, 5) is 39.4. The van der Waals surface area contributed by atoms with Crippen LogP contribution in [0.1, 0.15) is 83.0 Å². The molecule has 1 saturated heterocycles. The van der Waals surface area contributed by atoms with Gasteiger partial charge in [-0.05, 0) is 99.8 Å². The second-order valence-electron chi connectivity index (χ2n) is 11.9. The van der Waals surface area contributed by atoms with E-state index in [4.69, 9.17) is 0 Å². The number of ketones is 1. The van der Waals surface area contributed by atoms with Gasteiger partial charge in [0.25, 0.3) is 0 Å². The molecule has 2 amide bonds. The molecule has 6 atom stereocenters. The van der Waals surface area contributed by atoms with Crippen molar-refractivity contribution in [3.63, 3.8) is 0 Å². The minimum Gasteiger partial charge on any atom is -0.326 e. The zero-order valence-electron chi connectivity index (χ0n) is 21.2. The summed E-state index contributed by atoms with van der Waals surface area (Å²) in [5, 5.41) is 3.15. The van der Waals surface area contributed by atoms with Gasteiger partial charge in [-0.2, -0.15) is 0 Å². The van der Waals surface area contributed by atoms with Crippen molar-refractivity contribution in [2.24, 2.45) is 34.5 Å². The lowest BCUT2D eigenvalue weighted by atomic mass is 9.48. The SMILES string of the molecule is CC(=O)c1ccc(NC(=O)C2CC[C@H]3[C@@H]4CC(C)=C5N(C)C(=O)CC[C@]5(C)[C@@H]4CC[C@]23C)cc1. The first-order valence-corrected chi connectivity index (χ1v) is 12.9. The minimum absolute atomic E-state index is 0.00903. The largest absolute Gasteiger partial charge is 0.326 e. The molecule has 5 rings (SSSR count). The molecule has 0 radical (unpaired) electrons. The van der Waals surface area contributed by atoms with Crippen LogP contribution in [0.4, 0.5) is 5.69 Å². The van der Waals surface area contributed by atoms with Crippen molar-refractivity contribution in [1.82, 2.24) is 4.90 Å². The molecule has 1 heterocycles. The van der Waals surface area contributed by atoms with E-state index in [0.29, 0.717) is 29.7 Å². The maximum atomic E-state index is 13.5. The quantitative estimate of drug-likeness (QED) is 0.575. The lowest BCUT2D eigenvalue weighted by Crippen LogP contribution is -2.54. The van der Waals surface area contributed by atoms with Crippen LogP contribution in [-0.2, 0) is 9.59 Å². The van der Waals surface area contributed by atoms with Gasteiger partial charge in [-0.1, -0.05) is 19.4 Å². The van der Waals surface area contributed by atoms with E-state index in [-0.39, 0.29) is 34.3 Å². The van der Waals surface area contributed by atoms with Gasteiger partial charge in [-0.25, -0.2) is 0 Å². The predicted molar refractivity (Wildman–Crippen MR) is 133 cm³/mol. The number of piperidine rings is 1. The van der Waals surface area contributed by atoms with Crippen molar-refractivity contribution in [1.29, 1.82) is 0 Å². The van der Waals surface area contributed by atoms with Gasteiger partial charge >= 0.3 is 0 Å². The molecule has 0 spiro atoms. The molecule has 1 unspecified atom stereocenters. The summed E-state index contributed by atoms with van der Waals surface area (Å²) in [5.74, 6) is 2.13. The summed E-state index contributed by atoms with van der Waals surface area (Å²) in [6.45, 7) is 8.54. The van der Waals surface area contributed by atoms with E-state index >= 15 is 0 Å². The monoisotopic (exact) mass is 462 g/mol. The fourth-order valence-electron chi connectivity index (χ4n) is 8.56. The Morgan fingerprint density at radius 1 is 1.03 bits per heavy atom. The first-order valence-electron chi connectivity index (χ1n) is 12.9. The van der Waals surface area contributed by atoms with Crippen LogP contribution < -0.4 is 5.32 Å². The molecule has 4 aliphatic rings. The predicted octanol–water partition coefficient (Wildman–Crippen LogP) is 5.82. The van der Waals surface area contributed by atoms with Crippen LogP contribution in [0.2, 0.25) is 0 Å². The van der Waals surface area contributed by atoms with E-state index in [9.17, 15) is 14.4 Å². The molecule has 0 bridgehead atoms. The summed E-state index contributed by atoms with van der Waals surface area (Å²) in [5.41, 5.74) is 4.16. The van der Waals surface area contributed by atoms with Gasteiger partial charge in [-0.15, -0.1) is 0 Å². The number of fused-ring (bicyclic) bond motifs is 5. The number of carbonyl (C=O) groups excluding carboxylic acids is 3. The van der Waals surface area contributed by atoms with E-state index in [1.165, 1.54) is 11.3 Å². The van der Waals surface area contributed by atoms with Gasteiger partial charge in [0.2, 0.25) is 11.8 Å². The van der Waals surface area contributed by atoms with Crippen LogP contribution in [0.25, 0.3) is 0 Å². The smallest absolute Gasteiger partial charge is 0.228 e. The summed E-state index contributed by atoms with van der Waals surface area (Å²) in [7, 11) is 1.96. The Balaban J connectivity index is 1.38. The van der Waals surface area contributed by atoms with E-state index < -0.39 is 0 Å². The van der Waals surface area contributed by atoms with Crippen molar-refractivity contribution in [2.45, 2.75) is 72.6 Å². The van der Waals surface area contributed by atoms with E-state index in [0.717, 1.165) is 44.2 Å². The van der Waals surface area contributed by atoms with Crippen LogP contribution in [0.3, 0.4) is 0 Å². The maximum Gasteiger partial charge on any atom is 0.228 e. The third kappa shape index (κ3) is 3.37. The van der Waals surface area contributed by atoms with Crippen LogP contribution in [0, 0.1) is 34.5 Å². The number of nitrogens with zero attached hydrogens (tertiary/aromatic N) is 1. The Labute approximate surface area is 203 Å². The van der Waals surface area contributed by atoms with E-state index in [1.54, 1.807) is 19.1 Å². The molecular weight excluding hydrogens is 424 g/mol. The molecule has 2 saturated carbocycles. The lowest BCUT2D eigenvalue weighted by Gasteiger charge is -2.59. The zero-order valence-corrected chi connectivity index (χ0v) is 21.2. The molecule has 5 nitrogen and oxygen atoms in total. The molecule has 0 aromatic heterocycles. The Bertz CT molecular complexity index is 1070. The van der Waals surface area contributed by atoms with Gasteiger partial charge in [0, 0.05) is 41.7 Å². The number of amides is 2. The molecule has 3 fully saturated rings. The molecule has 1 aliphatic heterocycles. The van der Waals surface area contributed by atoms with Crippen LogP contribution in [0.15, 0.2) is 35.5 Å². The van der Waals surface area contributed by atoms with Gasteiger partial charge in [0.15, 0.2) is 5.78 Å². The van der Waals surface area contributed by atoms with Crippen LogP contribution in [-0.4, -0.2) is 29.5 Å². The van der Waals surface area contributed by atoms with Crippen molar-refractivity contribution >= 4 is 23.3 Å². The van der Waals surface area contributed by atoms with Crippen molar-refractivity contribution in [3.8, 4) is 0 Å². The number of anilines is 1. The number of benzene rings is 1. The molecule has 3 aliphatic carbocycles. The van der Waals surface area contributed by atoms with E-state index in [1.807, 2.05) is 24.1 Å². The standard InChI is InChI=1S/C29H38N2O3/c1-17-16-21-22-10-11-24(27(34)30-20-8-6-19(7-9-20)18(2)32)28(22,3)14-12-23(21)29(4)15-13-25(33)31(5)26(17)29/h6-9,21-24H,10-16H2,1-5H3,(H,30,34)/t21-,22-,23+,24?,28-,29+/m0/s1. The van der Waals surface area contributed by atoms with Gasteiger partial charge in [-0.3, -0.25) is 14.4 Å². The number of hydrogen-bond donors (Lipinski definition) is 1. The van der Waals surface area contributed by atoms with E-state index in [2.05, 4.69) is 26.1 Å². The number of hydrogen-bond acceptors (Lipinski definition) is 3. The molecule has 1 N–H and O–H groups in total. The number of likely N-dealkylation sites (tertiary alicyclic amines) is 1. The maximum absolute atomic E-state index is 13.5. The summed E-state index contributed by atoms with van der Waals surface area (Å²) >= 11 is 0. The highest BCUT2D eigenvalue weighted by Gasteiger charge is 2.61. The Hall–Kier alpha value is -2.43. The number of allylic oxidation sites excluding steroid dienone is 2. The second kappa shape index (κ2) is 8.07. The highest BCUT2D eigenvalue weighted by Crippen LogP contribution is 2.66. The van der Waals surface area contributed by atoms with Gasteiger partial charge in [0.05, 0.1) is 0 Å². The highest BCUT2D eigenvalue weighted by atomic mass is 16.2. The van der Waals surface area contributed by atoms with Gasteiger partial charge < -0.3 is 10.2 Å². The van der Waals surface area contributed by atoms with Crippen LogP contribution >= 0.6 is 0 Å². The average molecular weight is 463 g/mol. The van der Waals surface area contributed by atoms with Crippen molar-refractivity contribution in [3.05, 3.63) is 41.1 Å². The third-order valence-electron chi connectivity index (χ3n) is 10.2. The Morgan fingerprint density at radius 3 is 2.41 bits per heavy atom. The molecular formula is C29H38N2O3. The number of rotatable bonds is 3. The zero-order chi connectivity index (χ0) is 24.4. The summed E-state index contributed by atoms with van der Waals surface area (Å²) in [6.07, 6.45) is 6.88. The first kappa shape index (κ1) is 23.3. The van der Waals surface area contributed by atoms with Gasteiger partial charge in [0.1, 0.15) is 0 Å². The molecule has 5 heteroatoms. The Morgan fingerprint density at radius 2 is 1.74 bits per heavy atom. The molecule has 1 aromatic rings. The fourth-order valence-corrected chi connectivity index (χ4v) is 8.56. The highest BCUT2D eigenvalue weighted by molar-refractivity contribution is 5.96. The van der Waals surface area contributed by atoms with Crippen molar-refractivity contribution < 1.29 is 14.4 Å². The number of carbonyl (C=O) groups is 3. The Kier molecular flexibility index (Phi) is 5.53. The summed E-state index contributed by atoms with van der Waals surface area (Å²) in [6, 6.07) is 7.23. The molecule has 34 heavy (non-hydrogen) atoms. The van der Waals surface area contributed by atoms with Crippen LogP contribution in [0.5, 0.6) is 0 Å². The molecule has 1 aromatic carbocycles. The summed E-state index contributed by atoms with van der Waals surface area (Å²) < 4.78 is 0. The first-order chi connectivity index (χ1) is 16.1. The lowest BCUT2D eigenvalue weighted by molar-refractivity contribution is -0.137. The average Bonchev–Trinajstić information content (AvgIpc) is 3.14. The topological polar surface area (TPSA) is 66.5 Å². The van der Waals surface area contributed by atoms with Crippen molar-refractivity contribution in [2.75, 3.05) is 12.4 Å². The third-order valence-corrected chi connectivity index (χ3v) is 10.2. The fraction of sp³-hybridized carbons (Fsp3) is 0.621. The minimum atomic E-state index is 0.00903.